The maximum absolute atomic E-state index is 13.1. The number of carbonyl (C=O) groups is 1. The number of nitrogens with one attached hydrogen (secondary N) is 2. The van der Waals surface area contributed by atoms with Crippen LogP contribution in [0.5, 0.6) is 0 Å². The van der Waals surface area contributed by atoms with Gasteiger partial charge in [-0.15, -0.1) is 0 Å². The van der Waals surface area contributed by atoms with E-state index in [-0.39, 0.29) is 16.3 Å². The molecule has 98 valence electrons. The molecule has 5 nitrogen and oxygen atoms in total. The van der Waals surface area contributed by atoms with Crippen LogP contribution in [0.4, 0.5) is 15.8 Å². The van der Waals surface area contributed by atoms with E-state index in [0.717, 1.165) is 6.07 Å². The fourth-order valence-corrected chi connectivity index (χ4v) is 1.66. The zero-order chi connectivity index (χ0) is 13.8. The Balaban J connectivity index is 2.28. The van der Waals surface area contributed by atoms with Crippen molar-refractivity contribution in [2.75, 3.05) is 10.7 Å². The van der Waals surface area contributed by atoms with E-state index < -0.39 is 11.7 Å². The molecule has 2 rings (SSSR count). The van der Waals surface area contributed by atoms with Crippen molar-refractivity contribution in [3.05, 3.63) is 53.1 Å². The summed E-state index contributed by atoms with van der Waals surface area (Å²) in [4.78, 5) is 15.9. The van der Waals surface area contributed by atoms with Gasteiger partial charge in [-0.1, -0.05) is 11.6 Å². The summed E-state index contributed by atoms with van der Waals surface area (Å²) >= 11 is 5.87. The van der Waals surface area contributed by atoms with E-state index >= 15 is 0 Å². The molecule has 4 N–H and O–H groups in total. The third-order valence-electron chi connectivity index (χ3n) is 2.40. The van der Waals surface area contributed by atoms with Gasteiger partial charge in [0.25, 0.3) is 5.91 Å². The number of nitrogens with zero attached hydrogens (tertiary/aromatic N) is 1. The highest BCUT2D eigenvalue weighted by atomic mass is 35.5. The number of nitrogens with two attached hydrogens (primary N) is 1. The van der Waals surface area contributed by atoms with E-state index in [1.165, 1.54) is 30.6 Å². The number of hydrazine groups is 1. The molecule has 0 unspecified atom stereocenters. The van der Waals surface area contributed by atoms with Gasteiger partial charge in [-0.3, -0.25) is 15.6 Å². The Hall–Kier alpha value is -2.18. The van der Waals surface area contributed by atoms with Crippen molar-refractivity contribution in [2.45, 2.75) is 0 Å². The normalized spacial score (nSPS) is 10.1. The molecule has 0 saturated heterocycles. The van der Waals surface area contributed by atoms with E-state index in [9.17, 15) is 9.18 Å². The summed E-state index contributed by atoms with van der Waals surface area (Å²) in [6.45, 7) is 0. The van der Waals surface area contributed by atoms with Crippen LogP contribution in [-0.4, -0.2) is 10.9 Å². The highest BCUT2D eigenvalue weighted by molar-refractivity contribution is 6.34. The van der Waals surface area contributed by atoms with Crippen LogP contribution >= 0.6 is 11.6 Å². The first-order valence-corrected chi connectivity index (χ1v) is 5.66. The monoisotopic (exact) mass is 280 g/mol. The minimum atomic E-state index is -0.494. The predicted molar refractivity (Wildman–Crippen MR) is 71.4 cm³/mol. The molecule has 0 atom stereocenters. The summed E-state index contributed by atoms with van der Waals surface area (Å²) in [5.41, 5.74) is 3.17. The Morgan fingerprint density at radius 1 is 1.32 bits per heavy atom. The first-order valence-electron chi connectivity index (χ1n) is 5.29. The van der Waals surface area contributed by atoms with Gasteiger partial charge >= 0.3 is 0 Å². The van der Waals surface area contributed by atoms with Gasteiger partial charge in [0.1, 0.15) is 5.82 Å². The molecule has 0 aliphatic heterocycles. The Morgan fingerprint density at radius 2 is 2.11 bits per heavy atom. The van der Waals surface area contributed by atoms with E-state index in [2.05, 4.69) is 15.7 Å². The van der Waals surface area contributed by atoms with Gasteiger partial charge in [0.05, 0.1) is 28.2 Å². The van der Waals surface area contributed by atoms with Crippen molar-refractivity contribution < 1.29 is 9.18 Å². The minimum Gasteiger partial charge on any atom is -0.322 e. The third-order valence-corrected chi connectivity index (χ3v) is 2.73. The number of hydrogen-bond donors (Lipinski definition) is 3. The average molecular weight is 281 g/mol. The number of halogens is 2. The van der Waals surface area contributed by atoms with Crippen LogP contribution in [0, 0.1) is 5.82 Å². The number of carbonyl (C=O) groups excluding carboxylic acids is 1. The number of nitrogen functional groups attached to an aromatic ring is 1. The molecule has 0 aliphatic rings. The average Bonchev–Trinajstić information content (AvgIpc) is 2.42. The Kier molecular flexibility index (Phi) is 3.94. The number of hydrogen-bond acceptors (Lipinski definition) is 4. The van der Waals surface area contributed by atoms with Crippen molar-refractivity contribution in [2.24, 2.45) is 5.84 Å². The summed E-state index contributed by atoms with van der Waals surface area (Å²) in [6.07, 6.45) is 2.85. The second kappa shape index (κ2) is 5.64. The number of aromatic nitrogens is 1. The van der Waals surface area contributed by atoms with E-state index in [4.69, 9.17) is 17.4 Å². The molecule has 0 bridgehead atoms. The largest absolute Gasteiger partial charge is 0.322 e. The third kappa shape index (κ3) is 2.98. The zero-order valence-corrected chi connectivity index (χ0v) is 10.4. The van der Waals surface area contributed by atoms with Gasteiger partial charge in [-0.05, 0) is 24.3 Å². The van der Waals surface area contributed by atoms with E-state index in [1.807, 2.05) is 0 Å². The maximum Gasteiger partial charge on any atom is 0.257 e. The summed E-state index contributed by atoms with van der Waals surface area (Å²) in [7, 11) is 0. The Labute approximate surface area is 113 Å². The van der Waals surface area contributed by atoms with Gasteiger partial charge in [0.15, 0.2) is 0 Å². The Morgan fingerprint density at radius 3 is 2.84 bits per heavy atom. The van der Waals surface area contributed by atoms with Crippen LogP contribution in [0.1, 0.15) is 10.4 Å². The molecule has 1 amide bonds. The highest BCUT2D eigenvalue weighted by Gasteiger charge is 2.13. The van der Waals surface area contributed by atoms with Gasteiger partial charge < -0.3 is 10.7 Å². The van der Waals surface area contributed by atoms with Crippen LogP contribution in [-0.2, 0) is 0 Å². The second-order valence-corrected chi connectivity index (χ2v) is 4.05. The molecule has 0 fully saturated rings. The number of anilines is 2. The molecule has 1 aromatic carbocycles. The number of amides is 1. The van der Waals surface area contributed by atoms with Crippen molar-refractivity contribution in [1.29, 1.82) is 0 Å². The SMILES string of the molecule is NNc1cnccc1C(=O)Nc1cc(F)ccc1Cl. The first-order chi connectivity index (χ1) is 9.11. The first kappa shape index (κ1) is 13.3. The van der Waals surface area contributed by atoms with Crippen LogP contribution in [0.2, 0.25) is 5.02 Å². The van der Waals surface area contributed by atoms with Crippen LogP contribution in [0.25, 0.3) is 0 Å². The smallest absolute Gasteiger partial charge is 0.257 e. The van der Waals surface area contributed by atoms with Gasteiger partial charge in [0, 0.05) is 6.20 Å². The summed E-state index contributed by atoms with van der Waals surface area (Å²) in [5.74, 6) is 4.32. The second-order valence-electron chi connectivity index (χ2n) is 3.64. The fraction of sp³-hybridized carbons (Fsp3) is 0. The minimum absolute atomic E-state index is 0.187. The highest BCUT2D eigenvalue weighted by Crippen LogP contribution is 2.24. The quantitative estimate of drug-likeness (QED) is 0.596. The molecule has 1 aromatic heterocycles. The lowest BCUT2D eigenvalue weighted by atomic mass is 10.2. The molecule has 1 heterocycles. The van der Waals surface area contributed by atoms with Gasteiger partial charge in [-0.25, -0.2) is 4.39 Å². The van der Waals surface area contributed by atoms with Crippen molar-refractivity contribution in [3.63, 3.8) is 0 Å². The zero-order valence-electron chi connectivity index (χ0n) is 9.65. The van der Waals surface area contributed by atoms with E-state index in [0.29, 0.717) is 5.69 Å². The summed E-state index contributed by atoms with van der Waals surface area (Å²) < 4.78 is 13.1. The van der Waals surface area contributed by atoms with Crippen molar-refractivity contribution in [3.8, 4) is 0 Å². The van der Waals surface area contributed by atoms with Crippen LogP contribution in [0.3, 0.4) is 0 Å². The maximum atomic E-state index is 13.1. The molecular weight excluding hydrogens is 271 g/mol. The number of rotatable bonds is 3. The van der Waals surface area contributed by atoms with Crippen LogP contribution < -0.4 is 16.6 Å². The lowest BCUT2D eigenvalue weighted by Gasteiger charge is -2.10. The predicted octanol–water partition coefficient (Wildman–Crippen LogP) is 2.41. The summed E-state index contributed by atoms with van der Waals surface area (Å²) in [6, 6.07) is 5.19. The van der Waals surface area contributed by atoms with E-state index in [1.54, 1.807) is 0 Å². The molecule has 0 spiro atoms. The molecule has 0 saturated carbocycles. The molecular formula is C12H10ClFN4O. The standard InChI is InChI=1S/C12H10ClFN4O/c13-9-2-1-7(14)5-10(9)17-12(19)8-3-4-16-6-11(8)18-15/h1-6,18H,15H2,(H,17,19). The molecule has 19 heavy (non-hydrogen) atoms. The lowest BCUT2D eigenvalue weighted by Crippen LogP contribution is -2.17. The van der Waals surface area contributed by atoms with Gasteiger partial charge in [-0.2, -0.15) is 0 Å². The van der Waals surface area contributed by atoms with Crippen molar-refractivity contribution in [1.82, 2.24) is 4.98 Å². The lowest BCUT2D eigenvalue weighted by molar-refractivity contribution is 0.102. The molecule has 2 aromatic rings. The van der Waals surface area contributed by atoms with Crippen molar-refractivity contribution >= 4 is 28.9 Å². The molecule has 0 aliphatic carbocycles. The summed E-state index contributed by atoms with van der Waals surface area (Å²) in [5, 5.41) is 2.75. The topological polar surface area (TPSA) is 80.0 Å². The number of benzene rings is 1. The van der Waals surface area contributed by atoms with Gasteiger partial charge in [0.2, 0.25) is 0 Å². The molecule has 0 radical (unpaired) electrons. The Bertz CT molecular complexity index is 620. The number of pyridine rings is 1. The fourth-order valence-electron chi connectivity index (χ4n) is 1.49. The van der Waals surface area contributed by atoms with Crippen LogP contribution in [0.15, 0.2) is 36.7 Å². The molecule has 7 heteroatoms.